The van der Waals surface area contributed by atoms with E-state index in [2.05, 4.69) is 31.4 Å². The number of carbonyl (C=O) groups excluding carboxylic acids is 2. The molecule has 0 radical (unpaired) electrons. The summed E-state index contributed by atoms with van der Waals surface area (Å²) in [6.07, 6.45) is -2.46. The van der Waals surface area contributed by atoms with Crippen molar-refractivity contribution in [3.63, 3.8) is 0 Å². The first-order chi connectivity index (χ1) is 19.5. The summed E-state index contributed by atoms with van der Waals surface area (Å²) in [5, 5.41) is 25.4. The normalized spacial score (nSPS) is 23.4. The summed E-state index contributed by atoms with van der Waals surface area (Å²) < 4.78 is 24.7. The number of ether oxygens (including phenoxy) is 3. The molecule has 12 nitrogen and oxygen atoms in total. The largest absolute Gasteiger partial charge is 0.481 e. The predicted molar refractivity (Wildman–Crippen MR) is 164 cm³/mol. The Balaban J connectivity index is 2.99. The maximum absolute atomic E-state index is 12.3. The van der Waals surface area contributed by atoms with Crippen molar-refractivity contribution >= 4 is 34.4 Å². The zero-order valence-electron chi connectivity index (χ0n) is 26.9. The van der Waals surface area contributed by atoms with Gasteiger partial charge in [-0.3, -0.25) is 14.4 Å². The second-order valence-electron chi connectivity index (χ2n) is 12.3. The summed E-state index contributed by atoms with van der Waals surface area (Å²) in [5.74, 6) is -1.68. The fraction of sp³-hybridized carbons (Fsp3) is 0.893. The van der Waals surface area contributed by atoms with Gasteiger partial charge in [-0.05, 0) is 49.1 Å². The highest BCUT2D eigenvalue weighted by Crippen LogP contribution is 2.42. The SMILES string of the molecule is CC[Si](CC)(CC)OC1C(O)C(CCC(C)(C)[Si](C)(C)O)OC(OCCOCCNC(=O)CCC(=O)O)C1NC(C)=O. The van der Waals surface area contributed by atoms with Crippen LogP contribution in [0.15, 0.2) is 0 Å². The van der Waals surface area contributed by atoms with Crippen molar-refractivity contribution in [1.82, 2.24) is 10.6 Å². The first-order valence-corrected chi connectivity index (χ1v) is 20.7. The van der Waals surface area contributed by atoms with Crippen LogP contribution < -0.4 is 10.6 Å². The lowest BCUT2D eigenvalue weighted by Crippen LogP contribution is -2.66. The molecule has 0 aliphatic carbocycles. The van der Waals surface area contributed by atoms with Gasteiger partial charge in [0.15, 0.2) is 22.9 Å². The van der Waals surface area contributed by atoms with Gasteiger partial charge >= 0.3 is 5.97 Å². The van der Waals surface area contributed by atoms with Gasteiger partial charge < -0.3 is 44.3 Å². The number of hydrogen-bond acceptors (Lipinski definition) is 9. The predicted octanol–water partition coefficient (Wildman–Crippen LogP) is 2.74. The van der Waals surface area contributed by atoms with Crippen LogP contribution in [0.5, 0.6) is 0 Å². The fourth-order valence-corrected chi connectivity index (χ4v) is 8.44. The third-order valence-corrected chi connectivity index (χ3v) is 16.9. The summed E-state index contributed by atoms with van der Waals surface area (Å²) >= 11 is 0. The van der Waals surface area contributed by atoms with E-state index in [4.69, 9.17) is 23.7 Å². The smallest absolute Gasteiger partial charge is 0.303 e. The fourth-order valence-electron chi connectivity index (χ4n) is 4.82. The van der Waals surface area contributed by atoms with E-state index in [-0.39, 0.29) is 56.1 Å². The standard InChI is InChI=1S/C28H56N2O10Si2/c1-9-42(10-2,11-3)40-26-24(30-20(4)31)27(38-19-18-37-17-16-29-22(32)12-13-23(33)34)39-21(25(26)35)14-15-28(5,6)41(7,8)36/h21,24-27,35-36H,9-19H2,1-8H3,(H,29,32)(H,30,31)(H,33,34). The van der Waals surface area contributed by atoms with Gasteiger partial charge in [-0.2, -0.15) is 0 Å². The van der Waals surface area contributed by atoms with Crippen molar-refractivity contribution in [3.05, 3.63) is 0 Å². The van der Waals surface area contributed by atoms with Crippen LogP contribution >= 0.6 is 0 Å². The number of rotatable bonds is 20. The van der Waals surface area contributed by atoms with Crippen LogP contribution in [0.25, 0.3) is 0 Å². The average molecular weight is 637 g/mol. The minimum atomic E-state index is -2.49. The van der Waals surface area contributed by atoms with Crippen molar-refractivity contribution in [3.8, 4) is 0 Å². The van der Waals surface area contributed by atoms with Crippen molar-refractivity contribution < 1.29 is 48.0 Å². The Labute approximate surface area is 253 Å². The van der Waals surface area contributed by atoms with E-state index in [1.165, 1.54) is 6.92 Å². The Hall–Kier alpha value is -1.40. The van der Waals surface area contributed by atoms with Crippen molar-refractivity contribution in [1.29, 1.82) is 0 Å². The van der Waals surface area contributed by atoms with Gasteiger partial charge in [-0.25, -0.2) is 0 Å². The van der Waals surface area contributed by atoms with Crippen LogP contribution in [0.3, 0.4) is 0 Å². The van der Waals surface area contributed by atoms with Crippen molar-refractivity contribution in [2.45, 2.75) is 134 Å². The molecule has 42 heavy (non-hydrogen) atoms. The van der Waals surface area contributed by atoms with Gasteiger partial charge in [0.2, 0.25) is 11.8 Å². The number of carbonyl (C=O) groups is 3. The van der Waals surface area contributed by atoms with Gasteiger partial charge in [0.05, 0.1) is 38.4 Å². The minimum absolute atomic E-state index is 0.0916. The summed E-state index contributed by atoms with van der Waals surface area (Å²) in [4.78, 5) is 45.3. The molecule has 1 aliphatic rings. The molecule has 1 rings (SSSR count). The summed E-state index contributed by atoms with van der Waals surface area (Å²) in [6, 6.07) is 1.86. The first kappa shape index (κ1) is 38.6. The molecule has 14 heteroatoms. The highest BCUT2D eigenvalue weighted by atomic mass is 28.4. The molecule has 0 aromatic heterocycles. The minimum Gasteiger partial charge on any atom is -0.481 e. The zero-order chi connectivity index (χ0) is 32.1. The molecule has 0 aromatic rings. The quantitative estimate of drug-likeness (QED) is 0.0988. The monoisotopic (exact) mass is 636 g/mol. The number of nitrogens with one attached hydrogen (secondary N) is 2. The van der Waals surface area contributed by atoms with Crippen LogP contribution in [0, 0.1) is 0 Å². The van der Waals surface area contributed by atoms with E-state index in [0.717, 1.165) is 18.1 Å². The molecule has 2 amide bonds. The molecule has 1 saturated heterocycles. The molecule has 1 aliphatic heterocycles. The maximum atomic E-state index is 12.3. The molecule has 0 aromatic carbocycles. The van der Waals surface area contributed by atoms with E-state index in [1.54, 1.807) is 0 Å². The third kappa shape index (κ3) is 12.3. The zero-order valence-corrected chi connectivity index (χ0v) is 28.9. The highest BCUT2D eigenvalue weighted by Gasteiger charge is 2.50. The van der Waals surface area contributed by atoms with Crippen LogP contribution in [0.1, 0.15) is 67.2 Å². The second-order valence-corrected chi connectivity index (χ2v) is 21.5. The van der Waals surface area contributed by atoms with E-state index >= 15 is 0 Å². The van der Waals surface area contributed by atoms with Crippen LogP contribution in [0.2, 0.25) is 36.3 Å². The number of aliphatic hydroxyl groups excluding tert-OH is 1. The Kier molecular flexibility index (Phi) is 16.4. The molecule has 1 fully saturated rings. The Morgan fingerprint density at radius 2 is 1.62 bits per heavy atom. The van der Waals surface area contributed by atoms with Crippen molar-refractivity contribution in [2.24, 2.45) is 0 Å². The number of carboxylic acid groups (broad SMARTS) is 1. The summed E-state index contributed by atoms with van der Waals surface area (Å²) in [5.41, 5.74) is 0. The van der Waals surface area contributed by atoms with Crippen molar-refractivity contribution in [2.75, 3.05) is 26.4 Å². The highest BCUT2D eigenvalue weighted by molar-refractivity contribution is 6.73. The molecule has 5 atom stereocenters. The Morgan fingerprint density at radius 1 is 1.00 bits per heavy atom. The second kappa shape index (κ2) is 17.8. The summed E-state index contributed by atoms with van der Waals surface area (Å²) in [6.45, 7) is 16.3. The Morgan fingerprint density at radius 3 is 2.14 bits per heavy atom. The molecule has 5 N–H and O–H groups in total. The number of aliphatic hydroxyl groups is 1. The average Bonchev–Trinajstić information content (AvgIpc) is 2.91. The molecule has 0 saturated carbocycles. The van der Waals surface area contributed by atoms with Gasteiger partial charge in [0, 0.05) is 19.9 Å². The third-order valence-electron chi connectivity index (χ3n) is 8.72. The van der Waals surface area contributed by atoms with Crippen LogP contribution in [-0.2, 0) is 33.0 Å². The number of amides is 2. The first-order valence-electron chi connectivity index (χ1n) is 15.2. The molecule has 1 heterocycles. The van der Waals surface area contributed by atoms with Gasteiger partial charge in [-0.15, -0.1) is 0 Å². The molecular formula is C28H56N2O10Si2. The van der Waals surface area contributed by atoms with Gasteiger partial charge in [0.25, 0.3) is 0 Å². The molecule has 246 valence electrons. The van der Waals surface area contributed by atoms with Gasteiger partial charge in [-0.1, -0.05) is 34.6 Å². The topological polar surface area (TPSA) is 173 Å². The van der Waals surface area contributed by atoms with Gasteiger partial charge in [0.1, 0.15) is 12.1 Å². The summed E-state index contributed by atoms with van der Waals surface area (Å²) in [7, 11) is -4.70. The number of hydrogen-bond donors (Lipinski definition) is 5. The van der Waals surface area contributed by atoms with Crippen LogP contribution in [-0.4, -0.2) is 106 Å². The lowest BCUT2D eigenvalue weighted by molar-refractivity contribution is -0.265. The van der Waals surface area contributed by atoms with E-state index in [1.807, 2.05) is 26.9 Å². The lowest BCUT2D eigenvalue weighted by atomic mass is 9.92. The van der Waals surface area contributed by atoms with E-state index in [0.29, 0.717) is 12.8 Å². The molecule has 0 bridgehead atoms. The van der Waals surface area contributed by atoms with Crippen LogP contribution in [0.4, 0.5) is 0 Å². The van der Waals surface area contributed by atoms with E-state index < -0.39 is 53.2 Å². The maximum Gasteiger partial charge on any atom is 0.303 e. The number of carboxylic acids is 1. The molecule has 5 unspecified atom stereocenters. The lowest BCUT2D eigenvalue weighted by Gasteiger charge is -2.48. The molecular weight excluding hydrogens is 580 g/mol. The Bertz CT molecular complexity index is 843. The number of aliphatic carboxylic acids is 1. The molecule has 0 spiro atoms. The van der Waals surface area contributed by atoms with E-state index in [9.17, 15) is 24.3 Å².